The number of anilines is 1. The molecule has 2 aromatic heterocycles. The molecule has 0 aromatic carbocycles. The van der Waals surface area contributed by atoms with Crippen LogP contribution < -0.4 is 4.90 Å². The quantitative estimate of drug-likeness (QED) is 0.859. The number of hydrogen-bond acceptors (Lipinski definition) is 6. The van der Waals surface area contributed by atoms with Crippen molar-refractivity contribution in [2.75, 3.05) is 31.7 Å². The summed E-state index contributed by atoms with van der Waals surface area (Å²) < 4.78 is 10.8. The van der Waals surface area contributed by atoms with E-state index >= 15 is 0 Å². The highest BCUT2D eigenvalue weighted by Gasteiger charge is 2.25. The lowest BCUT2D eigenvalue weighted by Gasteiger charge is -2.15. The Morgan fingerprint density at radius 2 is 2.29 bits per heavy atom. The molecule has 6 heteroatoms. The number of ether oxygens (including phenoxy) is 1. The van der Waals surface area contributed by atoms with E-state index < -0.39 is 0 Å². The Bertz CT molecular complexity index is 626. The van der Waals surface area contributed by atoms with Crippen LogP contribution in [0.3, 0.4) is 0 Å². The lowest BCUT2D eigenvalue weighted by atomic mass is 10.1. The van der Waals surface area contributed by atoms with Crippen molar-refractivity contribution in [1.29, 1.82) is 0 Å². The van der Waals surface area contributed by atoms with Gasteiger partial charge in [-0.15, -0.1) is 5.10 Å². The second-order valence-electron chi connectivity index (χ2n) is 5.52. The third-order valence-electron chi connectivity index (χ3n) is 3.84. The van der Waals surface area contributed by atoms with Crippen LogP contribution >= 0.6 is 0 Å². The maximum atomic E-state index is 5.56. The number of aromatic nitrogens is 3. The molecule has 0 amide bonds. The molecule has 3 heterocycles. The average Bonchev–Trinajstić information content (AvgIpc) is 3.06. The van der Waals surface area contributed by atoms with E-state index in [2.05, 4.69) is 20.1 Å². The summed E-state index contributed by atoms with van der Waals surface area (Å²) in [6.07, 6.45) is 2.79. The minimum absolute atomic E-state index is 0.542. The first-order chi connectivity index (χ1) is 10.2. The molecular formula is C15H20N4O2. The largest absolute Gasteiger partial charge is 0.466 e. The number of hydrogen-bond donors (Lipinski definition) is 0. The van der Waals surface area contributed by atoms with Crippen molar-refractivity contribution in [2.45, 2.75) is 20.3 Å². The van der Waals surface area contributed by atoms with Crippen LogP contribution in [0.15, 0.2) is 16.7 Å². The van der Waals surface area contributed by atoms with E-state index in [1.54, 1.807) is 13.3 Å². The Hall–Kier alpha value is -1.95. The summed E-state index contributed by atoms with van der Waals surface area (Å²) in [5.74, 6) is 2.96. The number of methoxy groups -OCH3 is 1. The summed E-state index contributed by atoms with van der Waals surface area (Å²) in [5.41, 5.74) is 1.79. The molecule has 1 unspecified atom stereocenters. The fourth-order valence-corrected chi connectivity index (χ4v) is 2.83. The lowest BCUT2D eigenvalue weighted by molar-refractivity contribution is 0.161. The summed E-state index contributed by atoms with van der Waals surface area (Å²) in [6, 6.07) is 1.99. The zero-order valence-corrected chi connectivity index (χ0v) is 12.7. The summed E-state index contributed by atoms with van der Waals surface area (Å²) in [6.45, 7) is 6.52. The van der Waals surface area contributed by atoms with Crippen LogP contribution in [0.25, 0.3) is 11.3 Å². The van der Waals surface area contributed by atoms with Gasteiger partial charge in [-0.2, -0.15) is 5.10 Å². The van der Waals surface area contributed by atoms with Crippen molar-refractivity contribution >= 4 is 5.95 Å². The summed E-state index contributed by atoms with van der Waals surface area (Å²) in [4.78, 5) is 6.81. The van der Waals surface area contributed by atoms with Crippen LogP contribution in [-0.4, -0.2) is 42.0 Å². The molecule has 0 bridgehead atoms. The molecule has 1 atom stereocenters. The Kier molecular flexibility index (Phi) is 3.88. The molecule has 0 spiro atoms. The molecule has 1 aliphatic rings. The third kappa shape index (κ3) is 2.90. The Morgan fingerprint density at radius 1 is 1.43 bits per heavy atom. The zero-order valence-electron chi connectivity index (χ0n) is 12.7. The molecule has 112 valence electrons. The van der Waals surface area contributed by atoms with Crippen LogP contribution in [0.5, 0.6) is 0 Å². The second-order valence-corrected chi connectivity index (χ2v) is 5.52. The van der Waals surface area contributed by atoms with Gasteiger partial charge in [0.15, 0.2) is 0 Å². The lowest BCUT2D eigenvalue weighted by Crippen LogP contribution is -2.23. The molecule has 21 heavy (non-hydrogen) atoms. The van der Waals surface area contributed by atoms with Gasteiger partial charge < -0.3 is 14.1 Å². The highest BCUT2D eigenvalue weighted by atomic mass is 16.5. The smallest absolute Gasteiger partial charge is 0.245 e. The van der Waals surface area contributed by atoms with E-state index in [1.165, 1.54) is 0 Å². The molecule has 0 saturated carbocycles. The predicted molar refractivity (Wildman–Crippen MR) is 79.2 cm³/mol. The van der Waals surface area contributed by atoms with Gasteiger partial charge in [0.2, 0.25) is 5.95 Å². The molecule has 6 nitrogen and oxygen atoms in total. The van der Waals surface area contributed by atoms with Crippen molar-refractivity contribution in [3.63, 3.8) is 0 Å². The maximum absolute atomic E-state index is 5.56. The van der Waals surface area contributed by atoms with Gasteiger partial charge in [0.25, 0.3) is 0 Å². The maximum Gasteiger partial charge on any atom is 0.245 e. The van der Waals surface area contributed by atoms with E-state index in [-0.39, 0.29) is 0 Å². The molecule has 1 aliphatic heterocycles. The van der Waals surface area contributed by atoms with Gasteiger partial charge in [0, 0.05) is 31.7 Å². The van der Waals surface area contributed by atoms with Crippen LogP contribution in [0.4, 0.5) is 5.95 Å². The highest BCUT2D eigenvalue weighted by molar-refractivity contribution is 5.62. The van der Waals surface area contributed by atoms with Crippen LogP contribution in [0, 0.1) is 19.8 Å². The Morgan fingerprint density at radius 3 is 3.00 bits per heavy atom. The van der Waals surface area contributed by atoms with Crippen molar-refractivity contribution in [3.05, 3.63) is 23.8 Å². The molecule has 0 aliphatic carbocycles. The van der Waals surface area contributed by atoms with Crippen molar-refractivity contribution in [2.24, 2.45) is 5.92 Å². The second kappa shape index (κ2) is 5.81. The van der Waals surface area contributed by atoms with Crippen LogP contribution in [0.1, 0.15) is 17.9 Å². The van der Waals surface area contributed by atoms with E-state index in [4.69, 9.17) is 9.15 Å². The van der Waals surface area contributed by atoms with Gasteiger partial charge >= 0.3 is 0 Å². The van der Waals surface area contributed by atoms with Gasteiger partial charge in [-0.3, -0.25) is 0 Å². The molecule has 0 radical (unpaired) electrons. The van der Waals surface area contributed by atoms with E-state index in [0.29, 0.717) is 11.9 Å². The molecule has 1 saturated heterocycles. The number of aryl methyl sites for hydroxylation is 2. The van der Waals surface area contributed by atoms with Crippen molar-refractivity contribution in [1.82, 2.24) is 15.2 Å². The number of furan rings is 1. The third-order valence-corrected chi connectivity index (χ3v) is 3.84. The zero-order chi connectivity index (χ0) is 14.8. The van der Waals surface area contributed by atoms with Gasteiger partial charge in [0.1, 0.15) is 11.5 Å². The minimum atomic E-state index is 0.542. The SMILES string of the molecule is COCC1CCN(c2nncc(-c3cc(C)oc3C)n2)C1. The summed E-state index contributed by atoms with van der Waals surface area (Å²) >= 11 is 0. The number of nitrogens with zero attached hydrogens (tertiary/aromatic N) is 4. The molecule has 0 N–H and O–H groups in total. The average molecular weight is 288 g/mol. The van der Waals surface area contributed by atoms with Gasteiger partial charge in [0.05, 0.1) is 18.5 Å². The van der Waals surface area contributed by atoms with Crippen LogP contribution in [0.2, 0.25) is 0 Å². The normalized spacial score (nSPS) is 18.4. The first-order valence-corrected chi connectivity index (χ1v) is 7.18. The van der Waals surface area contributed by atoms with Gasteiger partial charge in [-0.25, -0.2) is 4.98 Å². The fourth-order valence-electron chi connectivity index (χ4n) is 2.83. The summed E-state index contributed by atoms with van der Waals surface area (Å²) in [5, 5.41) is 8.27. The minimum Gasteiger partial charge on any atom is -0.466 e. The molecule has 2 aromatic rings. The van der Waals surface area contributed by atoms with Crippen molar-refractivity contribution < 1.29 is 9.15 Å². The topological polar surface area (TPSA) is 64.3 Å². The van der Waals surface area contributed by atoms with E-state index in [1.807, 2.05) is 19.9 Å². The van der Waals surface area contributed by atoms with E-state index in [0.717, 1.165) is 48.9 Å². The monoisotopic (exact) mass is 288 g/mol. The Balaban J connectivity index is 1.82. The predicted octanol–water partition coefficient (Wildman–Crippen LogP) is 2.22. The molecule has 3 rings (SSSR count). The number of rotatable bonds is 4. The van der Waals surface area contributed by atoms with E-state index in [9.17, 15) is 0 Å². The first-order valence-electron chi connectivity index (χ1n) is 7.18. The van der Waals surface area contributed by atoms with Gasteiger partial charge in [-0.05, 0) is 26.3 Å². The molecule has 1 fully saturated rings. The standard InChI is InChI=1S/C15H20N4O2/c1-10-6-13(11(2)21-10)14-7-16-18-15(17-14)19-5-4-12(8-19)9-20-3/h6-7,12H,4-5,8-9H2,1-3H3. The summed E-state index contributed by atoms with van der Waals surface area (Å²) in [7, 11) is 1.74. The first kappa shape index (κ1) is 14.0. The molecular weight excluding hydrogens is 268 g/mol. The van der Waals surface area contributed by atoms with Gasteiger partial charge in [-0.1, -0.05) is 0 Å². The Labute approximate surface area is 124 Å². The van der Waals surface area contributed by atoms with Crippen molar-refractivity contribution in [3.8, 4) is 11.3 Å². The fraction of sp³-hybridized carbons (Fsp3) is 0.533. The highest BCUT2D eigenvalue weighted by Crippen LogP contribution is 2.26. The van der Waals surface area contributed by atoms with Crippen LogP contribution in [-0.2, 0) is 4.74 Å².